The molecule has 0 saturated heterocycles. The van der Waals surface area contributed by atoms with Gasteiger partial charge in [-0.15, -0.1) is 0 Å². The van der Waals surface area contributed by atoms with Gasteiger partial charge in [0, 0.05) is 23.6 Å². The highest BCUT2D eigenvalue weighted by Crippen LogP contribution is 2.36. The highest BCUT2D eigenvalue weighted by atomic mass is 16.5. The molecule has 4 rings (SSSR count). The Bertz CT molecular complexity index is 1400. The number of carbonyl (C=O) groups is 1. The van der Waals surface area contributed by atoms with Crippen molar-refractivity contribution in [2.75, 3.05) is 25.7 Å². The molecule has 9 nitrogen and oxygen atoms in total. The first-order valence-electron chi connectivity index (χ1n) is 13.2. The maximum absolute atomic E-state index is 13.4. The standard InChI is InChI=1S/C30H36N6O3/c1-5-9-24-23(29(31)35-30(32)34-24)16-19-15-20(28(39-4)26(17-19)38-3)13-14-27(37)36-25(10-6-2)22-12-8-7-11-21(22)18-33-36/h7-8,11-15,17-18,25H,5-6,9-10,16H2,1-4H3,(H4,31,32,34,35)/b14-13+. The summed E-state index contributed by atoms with van der Waals surface area (Å²) < 4.78 is 11.3. The summed E-state index contributed by atoms with van der Waals surface area (Å²) in [5.41, 5.74) is 17.5. The number of benzene rings is 2. The van der Waals surface area contributed by atoms with Crippen LogP contribution in [-0.4, -0.2) is 41.3 Å². The van der Waals surface area contributed by atoms with Gasteiger partial charge in [0.1, 0.15) is 5.82 Å². The number of hydrogen-bond acceptors (Lipinski definition) is 8. The molecule has 1 aliphatic heterocycles. The van der Waals surface area contributed by atoms with Crippen LogP contribution in [0.4, 0.5) is 11.8 Å². The van der Waals surface area contributed by atoms with E-state index in [1.54, 1.807) is 31.5 Å². The second kappa shape index (κ2) is 12.4. The fourth-order valence-electron chi connectivity index (χ4n) is 4.96. The van der Waals surface area contributed by atoms with Gasteiger partial charge in [-0.2, -0.15) is 10.1 Å². The third kappa shape index (κ3) is 6.03. The van der Waals surface area contributed by atoms with Gasteiger partial charge >= 0.3 is 0 Å². The molecule has 2 aromatic carbocycles. The number of hydrogen-bond donors (Lipinski definition) is 2. The van der Waals surface area contributed by atoms with Gasteiger partial charge in [-0.05, 0) is 47.7 Å². The smallest absolute Gasteiger partial charge is 0.267 e. The summed E-state index contributed by atoms with van der Waals surface area (Å²) in [6.45, 7) is 4.18. The number of nitrogens with zero attached hydrogens (tertiary/aromatic N) is 4. The lowest BCUT2D eigenvalue weighted by molar-refractivity contribution is -0.128. The highest BCUT2D eigenvalue weighted by Gasteiger charge is 2.27. The molecular weight excluding hydrogens is 492 g/mol. The van der Waals surface area contributed by atoms with Crippen LogP contribution in [-0.2, 0) is 17.6 Å². The average molecular weight is 529 g/mol. The first-order chi connectivity index (χ1) is 18.9. The molecule has 39 heavy (non-hydrogen) atoms. The Labute approximate surface area is 229 Å². The highest BCUT2D eigenvalue weighted by molar-refractivity contribution is 5.95. The molecule has 1 atom stereocenters. The van der Waals surface area contributed by atoms with Crippen molar-refractivity contribution in [2.24, 2.45) is 5.10 Å². The van der Waals surface area contributed by atoms with Crippen molar-refractivity contribution in [1.29, 1.82) is 0 Å². The largest absolute Gasteiger partial charge is 0.493 e. The topological polar surface area (TPSA) is 129 Å². The normalized spacial score (nSPS) is 14.5. The average Bonchev–Trinajstić information content (AvgIpc) is 2.93. The van der Waals surface area contributed by atoms with Crippen LogP contribution in [0, 0.1) is 0 Å². The molecule has 1 amide bonds. The van der Waals surface area contributed by atoms with E-state index in [0.29, 0.717) is 29.3 Å². The molecule has 204 valence electrons. The van der Waals surface area contributed by atoms with E-state index >= 15 is 0 Å². The van der Waals surface area contributed by atoms with Gasteiger partial charge in [-0.25, -0.2) is 9.99 Å². The number of ether oxygens (including phenoxy) is 2. The fraction of sp³-hybridized carbons (Fsp3) is 0.333. The maximum Gasteiger partial charge on any atom is 0.267 e. The molecule has 0 spiro atoms. The summed E-state index contributed by atoms with van der Waals surface area (Å²) >= 11 is 0. The number of amides is 1. The van der Waals surface area contributed by atoms with Crippen LogP contribution in [0.5, 0.6) is 11.5 Å². The van der Waals surface area contributed by atoms with E-state index in [1.807, 2.05) is 30.3 Å². The summed E-state index contributed by atoms with van der Waals surface area (Å²) in [7, 11) is 3.16. The Morgan fingerprint density at radius 1 is 1.08 bits per heavy atom. The lowest BCUT2D eigenvalue weighted by atomic mass is 9.95. The Morgan fingerprint density at radius 2 is 1.87 bits per heavy atom. The van der Waals surface area contributed by atoms with Crippen LogP contribution >= 0.6 is 0 Å². The van der Waals surface area contributed by atoms with Crippen molar-refractivity contribution in [3.8, 4) is 11.5 Å². The lowest BCUT2D eigenvalue weighted by Crippen LogP contribution is -2.32. The van der Waals surface area contributed by atoms with Crippen molar-refractivity contribution < 1.29 is 14.3 Å². The number of nitrogen functional groups attached to an aromatic ring is 2. The van der Waals surface area contributed by atoms with Gasteiger partial charge < -0.3 is 20.9 Å². The Kier molecular flexibility index (Phi) is 8.81. The minimum Gasteiger partial charge on any atom is -0.493 e. The van der Waals surface area contributed by atoms with Crippen LogP contribution in [0.25, 0.3) is 6.08 Å². The molecule has 1 unspecified atom stereocenters. The summed E-state index contributed by atoms with van der Waals surface area (Å²) in [5, 5.41) is 6.05. The van der Waals surface area contributed by atoms with Crippen LogP contribution < -0.4 is 20.9 Å². The zero-order valence-corrected chi connectivity index (χ0v) is 23.0. The van der Waals surface area contributed by atoms with E-state index < -0.39 is 0 Å². The van der Waals surface area contributed by atoms with E-state index in [4.69, 9.17) is 20.9 Å². The molecule has 0 bridgehead atoms. The van der Waals surface area contributed by atoms with Crippen LogP contribution in [0.1, 0.15) is 72.7 Å². The third-order valence-electron chi connectivity index (χ3n) is 6.74. The van der Waals surface area contributed by atoms with Crippen LogP contribution in [0.2, 0.25) is 0 Å². The number of rotatable bonds is 10. The Morgan fingerprint density at radius 3 is 2.59 bits per heavy atom. The Balaban J connectivity index is 1.67. The van der Waals surface area contributed by atoms with Gasteiger partial charge in [-0.1, -0.05) is 51.0 Å². The number of aryl methyl sites for hydroxylation is 1. The number of fused-ring (bicyclic) bond motifs is 1. The van der Waals surface area contributed by atoms with Crippen molar-refractivity contribution >= 4 is 30.0 Å². The van der Waals surface area contributed by atoms with E-state index in [-0.39, 0.29) is 17.9 Å². The van der Waals surface area contributed by atoms with Gasteiger partial charge in [0.2, 0.25) is 5.95 Å². The van der Waals surface area contributed by atoms with Gasteiger partial charge in [0.15, 0.2) is 11.5 Å². The predicted molar refractivity (Wildman–Crippen MR) is 155 cm³/mol. The SMILES string of the molecule is CCCc1nc(N)nc(N)c1Cc1cc(/C=C/C(=O)N2N=Cc3ccccc3C2CCC)c(OC)c(OC)c1. The van der Waals surface area contributed by atoms with Gasteiger partial charge in [-0.3, -0.25) is 4.79 Å². The van der Waals surface area contributed by atoms with Crippen molar-refractivity contribution in [1.82, 2.24) is 15.0 Å². The van der Waals surface area contributed by atoms with E-state index in [9.17, 15) is 4.79 Å². The van der Waals surface area contributed by atoms with Crippen molar-refractivity contribution in [3.05, 3.63) is 76.0 Å². The minimum absolute atomic E-state index is 0.124. The molecule has 1 aliphatic rings. The van der Waals surface area contributed by atoms with Crippen molar-refractivity contribution in [3.63, 3.8) is 0 Å². The number of hydrazone groups is 1. The fourth-order valence-corrected chi connectivity index (χ4v) is 4.96. The van der Waals surface area contributed by atoms with Gasteiger partial charge in [0.25, 0.3) is 5.91 Å². The molecule has 3 aromatic rings. The molecule has 0 radical (unpaired) electrons. The number of carbonyl (C=O) groups excluding carboxylic acids is 1. The monoisotopic (exact) mass is 528 g/mol. The molecule has 0 saturated carbocycles. The first-order valence-corrected chi connectivity index (χ1v) is 13.2. The molecule has 0 fully saturated rings. The zero-order chi connectivity index (χ0) is 27.9. The van der Waals surface area contributed by atoms with E-state index in [2.05, 4.69) is 35.0 Å². The van der Waals surface area contributed by atoms with Gasteiger partial charge in [0.05, 0.1) is 32.2 Å². The molecule has 0 aliphatic carbocycles. The van der Waals surface area contributed by atoms with Crippen LogP contribution in [0.15, 0.2) is 47.6 Å². The summed E-state index contributed by atoms with van der Waals surface area (Å²) in [4.78, 5) is 22.0. The Hall–Kier alpha value is -4.40. The zero-order valence-electron chi connectivity index (χ0n) is 23.0. The number of anilines is 2. The lowest BCUT2D eigenvalue weighted by Gasteiger charge is -2.31. The van der Waals surface area contributed by atoms with Crippen molar-refractivity contribution in [2.45, 2.75) is 52.0 Å². The quantitative estimate of drug-likeness (QED) is 0.357. The molecule has 9 heteroatoms. The summed E-state index contributed by atoms with van der Waals surface area (Å²) in [5.74, 6) is 1.38. The van der Waals surface area contributed by atoms with E-state index in [1.165, 1.54) is 6.08 Å². The second-order valence-corrected chi connectivity index (χ2v) is 9.43. The minimum atomic E-state index is -0.216. The molecule has 4 N–H and O–H groups in total. The summed E-state index contributed by atoms with van der Waals surface area (Å²) in [6, 6.07) is 11.8. The number of aromatic nitrogens is 2. The van der Waals surface area contributed by atoms with Crippen LogP contribution in [0.3, 0.4) is 0 Å². The van der Waals surface area contributed by atoms with E-state index in [0.717, 1.165) is 53.6 Å². The molecule has 2 heterocycles. The first kappa shape index (κ1) is 27.6. The third-order valence-corrected chi connectivity index (χ3v) is 6.74. The summed E-state index contributed by atoms with van der Waals surface area (Å²) in [6.07, 6.45) is 8.85. The number of methoxy groups -OCH3 is 2. The molecule has 1 aromatic heterocycles. The maximum atomic E-state index is 13.4. The predicted octanol–water partition coefficient (Wildman–Crippen LogP) is 4.93. The molecular formula is C30H36N6O3. The second-order valence-electron chi connectivity index (χ2n) is 9.43. The number of nitrogens with two attached hydrogens (primary N) is 2.